The lowest BCUT2D eigenvalue weighted by Crippen LogP contribution is -2.31. The van der Waals surface area contributed by atoms with Crippen LogP contribution in [0.3, 0.4) is 0 Å². The maximum absolute atomic E-state index is 14.4. The molecule has 4 aromatic rings. The van der Waals surface area contributed by atoms with E-state index in [1.807, 2.05) is 6.07 Å². The largest absolute Gasteiger partial charge is 0.497 e. The number of benzene rings is 3. The first-order valence-corrected chi connectivity index (χ1v) is 13.6. The van der Waals surface area contributed by atoms with Gasteiger partial charge >= 0.3 is 0 Å². The van der Waals surface area contributed by atoms with Crippen LogP contribution in [0.2, 0.25) is 0 Å². The maximum atomic E-state index is 14.4. The normalized spacial score (nSPS) is 15.6. The summed E-state index contributed by atoms with van der Waals surface area (Å²) in [5.74, 6) is 1.62. The Kier molecular flexibility index (Phi) is 7.82. The van der Waals surface area contributed by atoms with Gasteiger partial charge in [-0.3, -0.25) is 9.80 Å². The SMILES string of the molecule is COc1ccc(F)c(CN2CCCN(Cc3nc4ccccc4n3Cc3ccc(C(C)(C)C)cc3)CC2)c1. The zero-order valence-electron chi connectivity index (χ0n) is 23.1. The summed E-state index contributed by atoms with van der Waals surface area (Å²) in [6.07, 6.45) is 1.04. The van der Waals surface area contributed by atoms with E-state index in [4.69, 9.17) is 9.72 Å². The van der Waals surface area contributed by atoms with E-state index in [0.717, 1.165) is 57.0 Å². The summed E-state index contributed by atoms with van der Waals surface area (Å²) >= 11 is 0. The highest BCUT2D eigenvalue weighted by Gasteiger charge is 2.20. The highest BCUT2D eigenvalue weighted by atomic mass is 19.1. The number of methoxy groups -OCH3 is 1. The molecular weight excluding hydrogens is 475 g/mol. The minimum atomic E-state index is -0.170. The Labute approximate surface area is 225 Å². The van der Waals surface area contributed by atoms with Crippen molar-refractivity contribution in [2.75, 3.05) is 33.3 Å². The van der Waals surface area contributed by atoms with Gasteiger partial charge in [0.15, 0.2) is 0 Å². The fraction of sp³-hybridized carbons (Fsp3) is 0.406. The molecule has 1 aliphatic rings. The minimum absolute atomic E-state index is 0.143. The molecule has 0 N–H and O–H groups in total. The number of para-hydroxylation sites is 2. The smallest absolute Gasteiger partial charge is 0.127 e. The highest BCUT2D eigenvalue weighted by Crippen LogP contribution is 2.25. The van der Waals surface area contributed by atoms with Crippen molar-refractivity contribution >= 4 is 11.0 Å². The van der Waals surface area contributed by atoms with Gasteiger partial charge < -0.3 is 9.30 Å². The average molecular weight is 515 g/mol. The first-order chi connectivity index (χ1) is 18.3. The van der Waals surface area contributed by atoms with Crippen molar-refractivity contribution in [3.8, 4) is 5.75 Å². The molecule has 0 saturated carbocycles. The molecule has 0 amide bonds. The number of ether oxygens (including phenoxy) is 1. The molecule has 0 spiro atoms. The lowest BCUT2D eigenvalue weighted by molar-refractivity contribution is 0.240. The van der Waals surface area contributed by atoms with Gasteiger partial charge in [0.05, 0.1) is 24.7 Å². The Balaban J connectivity index is 1.30. The van der Waals surface area contributed by atoms with Crippen molar-refractivity contribution in [2.24, 2.45) is 0 Å². The van der Waals surface area contributed by atoms with Gasteiger partial charge in [-0.05, 0) is 66.4 Å². The Morgan fingerprint density at radius 3 is 2.26 bits per heavy atom. The van der Waals surface area contributed by atoms with Crippen LogP contribution < -0.4 is 4.74 Å². The minimum Gasteiger partial charge on any atom is -0.497 e. The quantitative estimate of drug-likeness (QED) is 0.292. The van der Waals surface area contributed by atoms with Crippen LogP contribution in [0.15, 0.2) is 66.7 Å². The van der Waals surface area contributed by atoms with Gasteiger partial charge in [-0.2, -0.15) is 0 Å². The Bertz CT molecular complexity index is 1370. The summed E-state index contributed by atoms with van der Waals surface area (Å²) < 4.78 is 22.1. The number of nitrogens with zero attached hydrogens (tertiary/aromatic N) is 4. The van der Waals surface area contributed by atoms with Crippen LogP contribution in [0.4, 0.5) is 4.39 Å². The second-order valence-corrected chi connectivity index (χ2v) is 11.4. The third-order valence-corrected chi connectivity index (χ3v) is 7.59. The molecule has 38 heavy (non-hydrogen) atoms. The predicted octanol–water partition coefficient (Wildman–Crippen LogP) is 6.24. The molecule has 1 aliphatic heterocycles. The van der Waals surface area contributed by atoms with E-state index in [1.54, 1.807) is 13.2 Å². The molecule has 6 heteroatoms. The molecule has 0 unspecified atom stereocenters. The van der Waals surface area contributed by atoms with E-state index in [1.165, 1.54) is 22.7 Å². The number of fused-ring (bicyclic) bond motifs is 1. The molecule has 0 aliphatic carbocycles. The average Bonchev–Trinajstić information content (AvgIpc) is 3.08. The number of aromatic nitrogens is 2. The molecule has 3 aromatic carbocycles. The van der Waals surface area contributed by atoms with E-state index in [0.29, 0.717) is 17.9 Å². The fourth-order valence-electron chi connectivity index (χ4n) is 5.30. The summed E-state index contributed by atoms with van der Waals surface area (Å²) in [5, 5.41) is 0. The molecule has 0 radical (unpaired) electrons. The highest BCUT2D eigenvalue weighted by molar-refractivity contribution is 5.76. The van der Waals surface area contributed by atoms with Crippen molar-refractivity contribution < 1.29 is 9.13 Å². The topological polar surface area (TPSA) is 33.5 Å². The van der Waals surface area contributed by atoms with Crippen molar-refractivity contribution in [1.29, 1.82) is 0 Å². The van der Waals surface area contributed by atoms with Gasteiger partial charge in [0.2, 0.25) is 0 Å². The Hall–Kier alpha value is -3.22. The molecule has 1 saturated heterocycles. The fourth-order valence-corrected chi connectivity index (χ4v) is 5.30. The van der Waals surface area contributed by atoms with E-state index in [2.05, 4.69) is 83.7 Å². The maximum Gasteiger partial charge on any atom is 0.127 e. The summed E-state index contributed by atoms with van der Waals surface area (Å²) in [6.45, 7) is 12.7. The summed E-state index contributed by atoms with van der Waals surface area (Å²) in [4.78, 5) is 9.89. The zero-order valence-corrected chi connectivity index (χ0v) is 23.1. The van der Waals surface area contributed by atoms with Crippen LogP contribution in [-0.2, 0) is 25.0 Å². The lowest BCUT2D eigenvalue weighted by atomic mass is 9.87. The second kappa shape index (κ2) is 11.3. The Morgan fingerprint density at radius 2 is 1.55 bits per heavy atom. The first kappa shape index (κ1) is 26.4. The van der Waals surface area contributed by atoms with Crippen LogP contribution >= 0.6 is 0 Å². The molecule has 1 aromatic heterocycles. The van der Waals surface area contributed by atoms with Crippen molar-refractivity contribution in [3.63, 3.8) is 0 Å². The second-order valence-electron chi connectivity index (χ2n) is 11.4. The van der Waals surface area contributed by atoms with Crippen LogP contribution in [0, 0.1) is 5.82 Å². The number of rotatable bonds is 7. The van der Waals surface area contributed by atoms with Crippen LogP contribution in [0.25, 0.3) is 11.0 Å². The van der Waals surface area contributed by atoms with Gasteiger partial charge in [0, 0.05) is 31.7 Å². The molecule has 1 fully saturated rings. The van der Waals surface area contributed by atoms with Crippen molar-refractivity contribution in [3.05, 3.63) is 95.1 Å². The van der Waals surface area contributed by atoms with Crippen LogP contribution in [0.1, 0.15) is 49.7 Å². The van der Waals surface area contributed by atoms with E-state index < -0.39 is 0 Å². The van der Waals surface area contributed by atoms with Crippen LogP contribution in [-0.4, -0.2) is 52.6 Å². The molecule has 2 heterocycles. The van der Waals surface area contributed by atoms with Crippen molar-refractivity contribution in [1.82, 2.24) is 19.4 Å². The third-order valence-electron chi connectivity index (χ3n) is 7.59. The van der Waals surface area contributed by atoms with Gasteiger partial charge in [0.1, 0.15) is 17.4 Å². The van der Waals surface area contributed by atoms with Crippen molar-refractivity contribution in [2.45, 2.75) is 52.2 Å². The van der Waals surface area contributed by atoms with E-state index >= 15 is 0 Å². The number of hydrogen-bond donors (Lipinski definition) is 0. The molecule has 5 rings (SSSR count). The summed E-state index contributed by atoms with van der Waals surface area (Å²) in [7, 11) is 1.62. The standard InChI is InChI=1S/C32H39FN4O/c1-32(2,3)26-12-10-24(11-13-26)21-37-30-9-6-5-8-29(30)34-31(37)23-36-17-7-16-35(18-19-36)22-25-20-27(38-4)14-15-28(25)33/h5-6,8-15,20H,7,16-19,21-23H2,1-4H3. The first-order valence-electron chi connectivity index (χ1n) is 13.6. The Morgan fingerprint density at radius 1 is 0.842 bits per heavy atom. The van der Waals surface area contributed by atoms with E-state index in [9.17, 15) is 4.39 Å². The number of imidazole rings is 1. The van der Waals surface area contributed by atoms with Gasteiger partial charge in [-0.25, -0.2) is 9.37 Å². The summed E-state index contributed by atoms with van der Waals surface area (Å²) in [5.41, 5.74) is 5.68. The van der Waals surface area contributed by atoms with Gasteiger partial charge in [0.25, 0.3) is 0 Å². The van der Waals surface area contributed by atoms with Gasteiger partial charge in [-0.1, -0.05) is 57.2 Å². The number of halogens is 1. The van der Waals surface area contributed by atoms with E-state index in [-0.39, 0.29) is 11.2 Å². The predicted molar refractivity (Wildman–Crippen MR) is 152 cm³/mol. The van der Waals surface area contributed by atoms with Crippen LogP contribution in [0.5, 0.6) is 5.75 Å². The molecular formula is C32H39FN4O. The molecule has 0 atom stereocenters. The molecule has 0 bridgehead atoms. The third kappa shape index (κ3) is 6.08. The molecule has 5 nitrogen and oxygen atoms in total. The number of hydrogen-bond acceptors (Lipinski definition) is 4. The summed E-state index contributed by atoms with van der Waals surface area (Å²) in [6, 6.07) is 22.4. The monoisotopic (exact) mass is 514 g/mol. The lowest BCUT2D eigenvalue weighted by Gasteiger charge is -2.22. The zero-order chi connectivity index (χ0) is 26.7. The van der Waals surface area contributed by atoms with Gasteiger partial charge in [-0.15, -0.1) is 0 Å². The molecule has 200 valence electrons.